The number of anilines is 6. The molecule has 0 aliphatic carbocycles. The minimum absolute atomic E-state index is 0.206. The predicted molar refractivity (Wildman–Crippen MR) is 287 cm³/mol. The summed E-state index contributed by atoms with van der Waals surface area (Å²) in [5, 5.41) is 5.34. The summed E-state index contributed by atoms with van der Waals surface area (Å²) in [6, 6.07) is 43.5. The van der Waals surface area contributed by atoms with Crippen LogP contribution in [0.1, 0.15) is 40.7 Å². The zero-order valence-corrected chi connectivity index (χ0v) is 39.9. The summed E-state index contributed by atoms with van der Waals surface area (Å²) in [5.74, 6) is 1.93. The molecular formula is C54H50N12O2S2. The number of ether oxygens (including phenoxy) is 1. The summed E-state index contributed by atoms with van der Waals surface area (Å²) in [7, 11) is 0. The first-order valence-electron chi connectivity index (χ1n) is 23.0. The smallest absolute Gasteiger partial charge is 0.407 e. The Kier molecular flexibility index (Phi) is 13.8. The minimum atomic E-state index is -0.442. The summed E-state index contributed by atoms with van der Waals surface area (Å²) in [5.41, 5.74) is 27.7. The molecule has 0 radical (unpaired) electrons. The standard InChI is InChI=1S/C31H28N6O2S.C23H22N6S/c32-30-34-13-11-29(36-30)37(14-6-12-35-31(38)39-20-21-7-2-1-3-8-21)24-15-23-18-33-19-26(23)25(17-24)28-16-22-9-4-5-10-27(22)40-28;24-7-3-9-29(22-6-8-27-23(25)28-22)17-10-16-13-26-14-19(16)18(12-17)21-11-15-4-1-2-5-20(15)30-21/h1-5,7-11,13,15-18H,6,12,14,19-20H2,(H,35,38)(H2,32,34,36);1-2,4-6,8,10-13H,3,7,9,14,24H2,(H2,25,27,28). The van der Waals surface area contributed by atoms with Gasteiger partial charge >= 0.3 is 6.09 Å². The molecule has 1 amide bonds. The fourth-order valence-corrected chi connectivity index (χ4v) is 10.8. The average molecular weight is 963 g/mol. The first-order valence-corrected chi connectivity index (χ1v) is 24.7. The SMILES string of the molecule is NCCCN(c1cc2c(c(-c3cc4ccccc4s3)c1)CN=C2)c1ccnc(N)n1.Nc1nccc(N(CCCNC(=O)OCc2ccccc2)c2cc3c(c(-c4cc5ccccc5s4)c2)CN=C3)n1. The molecule has 4 aromatic heterocycles. The lowest BCUT2D eigenvalue weighted by Crippen LogP contribution is -2.29. The van der Waals surface area contributed by atoms with Crippen LogP contribution in [0, 0.1) is 0 Å². The van der Waals surface area contributed by atoms with Gasteiger partial charge in [0.15, 0.2) is 0 Å². The number of fused-ring (bicyclic) bond motifs is 4. The van der Waals surface area contributed by atoms with E-state index in [0.717, 1.165) is 46.8 Å². The first kappa shape index (κ1) is 45.7. The zero-order chi connectivity index (χ0) is 47.8. The van der Waals surface area contributed by atoms with Crippen molar-refractivity contribution in [1.29, 1.82) is 0 Å². The molecule has 0 atom stereocenters. The van der Waals surface area contributed by atoms with Gasteiger partial charge in [-0.3, -0.25) is 9.98 Å². The number of nitrogens with one attached hydrogen (secondary N) is 1. The maximum Gasteiger partial charge on any atom is 0.407 e. The third-order valence-electron chi connectivity index (χ3n) is 12.0. The Morgan fingerprint density at radius 2 is 1.14 bits per heavy atom. The van der Waals surface area contributed by atoms with Crippen LogP contribution in [-0.4, -0.2) is 64.6 Å². The van der Waals surface area contributed by atoms with Gasteiger partial charge in [-0.25, -0.2) is 14.8 Å². The van der Waals surface area contributed by atoms with Crippen LogP contribution < -0.4 is 32.3 Å². The molecular weight excluding hydrogens is 913 g/mol. The Morgan fingerprint density at radius 1 is 0.629 bits per heavy atom. The Balaban J connectivity index is 0.000000169. The minimum Gasteiger partial charge on any atom is -0.445 e. The maximum atomic E-state index is 12.3. The van der Waals surface area contributed by atoms with E-state index in [1.165, 1.54) is 52.2 Å². The molecule has 0 saturated heterocycles. The molecule has 9 aromatic rings. The van der Waals surface area contributed by atoms with E-state index in [0.29, 0.717) is 45.0 Å². The number of amides is 1. The highest BCUT2D eigenvalue weighted by molar-refractivity contribution is 7.22. The number of nitrogens with zero attached hydrogens (tertiary/aromatic N) is 8. The number of benzene rings is 5. The highest BCUT2D eigenvalue weighted by atomic mass is 32.1. The average Bonchev–Trinajstić information content (AvgIpc) is 4.23. The van der Waals surface area contributed by atoms with Crippen molar-refractivity contribution in [3.05, 3.63) is 168 Å². The van der Waals surface area contributed by atoms with Gasteiger partial charge in [0.05, 0.1) is 13.1 Å². The lowest BCUT2D eigenvalue weighted by Gasteiger charge is -2.25. The number of nitrogen functional groups attached to an aromatic ring is 2. The molecule has 2 aliphatic heterocycles. The lowest BCUT2D eigenvalue weighted by molar-refractivity contribution is 0.139. The number of thiophene rings is 2. The number of aliphatic imine (C=N–C) groups is 2. The molecule has 0 fully saturated rings. The number of rotatable bonds is 15. The van der Waals surface area contributed by atoms with Gasteiger partial charge in [0.25, 0.3) is 0 Å². The van der Waals surface area contributed by atoms with Crippen LogP contribution in [-0.2, 0) is 24.4 Å². The molecule has 350 valence electrons. The van der Waals surface area contributed by atoms with Crippen molar-refractivity contribution in [3.63, 3.8) is 0 Å². The van der Waals surface area contributed by atoms with Crippen LogP contribution >= 0.6 is 22.7 Å². The topological polar surface area (TPSA) is 199 Å². The quantitative estimate of drug-likeness (QED) is 0.0713. The molecule has 0 spiro atoms. The molecule has 6 heterocycles. The molecule has 5 aromatic carbocycles. The van der Waals surface area contributed by atoms with Gasteiger partial charge < -0.3 is 37.1 Å². The maximum absolute atomic E-state index is 12.3. The molecule has 2 aliphatic rings. The highest BCUT2D eigenvalue weighted by Crippen LogP contribution is 2.42. The van der Waals surface area contributed by atoms with E-state index < -0.39 is 6.09 Å². The fraction of sp³-hybridized carbons (Fsp3) is 0.167. The summed E-state index contributed by atoms with van der Waals surface area (Å²) >= 11 is 3.59. The number of alkyl carbamates (subject to hydrolysis) is 1. The molecule has 11 rings (SSSR count). The van der Waals surface area contributed by atoms with Crippen LogP contribution in [0.5, 0.6) is 0 Å². The van der Waals surface area contributed by atoms with Crippen molar-refractivity contribution in [2.75, 3.05) is 47.4 Å². The second kappa shape index (κ2) is 21.1. The number of hydrogen-bond acceptors (Lipinski definition) is 15. The van der Waals surface area contributed by atoms with Gasteiger partial charge in [0, 0.05) is 86.1 Å². The van der Waals surface area contributed by atoms with Gasteiger partial charge in [-0.15, -0.1) is 22.7 Å². The molecule has 0 unspecified atom stereocenters. The van der Waals surface area contributed by atoms with Gasteiger partial charge in [0.1, 0.15) is 18.2 Å². The first-order chi connectivity index (χ1) is 34.4. The van der Waals surface area contributed by atoms with Crippen molar-refractivity contribution < 1.29 is 9.53 Å². The fourth-order valence-electron chi connectivity index (χ4n) is 8.62. The van der Waals surface area contributed by atoms with Crippen LogP contribution in [0.15, 0.2) is 150 Å². The predicted octanol–water partition coefficient (Wildman–Crippen LogP) is 10.7. The summed E-state index contributed by atoms with van der Waals surface area (Å²) in [6.07, 6.45) is 8.31. The third-order valence-corrected chi connectivity index (χ3v) is 14.3. The Labute approximate surface area is 413 Å². The summed E-state index contributed by atoms with van der Waals surface area (Å²) in [6.45, 7) is 3.99. The molecule has 7 N–H and O–H groups in total. The van der Waals surface area contributed by atoms with Crippen molar-refractivity contribution in [1.82, 2.24) is 25.3 Å². The van der Waals surface area contributed by atoms with E-state index in [1.807, 2.05) is 66.2 Å². The van der Waals surface area contributed by atoms with Gasteiger partial charge in [-0.1, -0.05) is 66.7 Å². The number of carbonyl (C=O) groups is 1. The largest absolute Gasteiger partial charge is 0.445 e. The molecule has 14 nitrogen and oxygen atoms in total. The number of carbonyl (C=O) groups excluding carboxylic acids is 1. The third kappa shape index (κ3) is 10.3. The summed E-state index contributed by atoms with van der Waals surface area (Å²) in [4.78, 5) is 45.2. The van der Waals surface area contributed by atoms with Gasteiger partial charge in [-0.05, 0) is 119 Å². The van der Waals surface area contributed by atoms with Gasteiger partial charge in [-0.2, -0.15) is 9.97 Å². The van der Waals surface area contributed by atoms with Crippen LogP contribution in [0.2, 0.25) is 0 Å². The van der Waals surface area contributed by atoms with E-state index in [9.17, 15) is 4.79 Å². The van der Waals surface area contributed by atoms with Crippen molar-refractivity contribution >= 4 is 96.3 Å². The number of aromatic nitrogens is 4. The molecule has 0 saturated carbocycles. The van der Waals surface area contributed by atoms with Crippen LogP contribution in [0.25, 0.3) is 41.1 Å². The van der Waals surface area contributed by atoms with Crippen molar-refractivity contribution in [2.24, 2.45) is 15.7 Å². The van der Waals surface area contributed by atoms with E-state index >= 15 is 0 Å². The Morgan fingerprint density at radius 3 is 1.66 bits per heavy atom. The molecule has 0 bridgehead atoms. The number of hydrogen-bond donors (Lipinski definition) is 4. The second-order valence-corrected chi connectivity index (χ2v) is 18.9. The van der Waals surface area contributed by atoms with Crippen molar-refractivity contribution in [3.8, 4) is 20.9 Å². The van der Waals surface area contributed by atoms with Crippen molar-refractivity contribution in [2.45, 2.75) is 32.5 Å². The second-order valence-electron chi connectivity index (χ2n) is 16.7. The Bertz CT molecular complexity index is 3310. The van der Waals surface area contributed by atoms with E-state index in [1.54, 1.807) is 23.7 Å². The molecule has 16 heteroatoms. The lowest BCUT2D eigenvalue weighted by atomic mass is 9.99. The van der Waals surface area contributed by atoms with Crippen LogP contribution in [0.4, 0.5) is 39.7 Å². The van der Waals surface area contributed by atoms with E-state index in [4.69, 9.17) is 21.9 Å². The summed E-state index contributed by atoms with van der Waals surface area (Å²) < 4.78 is 7.88. The van der Waals surface area contributed by atoms with Gasteiger partial charge in [0.2, 0.25) is 11.9 Å². The van der Waals surface area contributed by atoms with E-state index in [-0.39, 0.29) is 18.5 Å². The zero-order valence-electron chi connectivity index (χ0n) is 38.2. The number of nitrogens with two attached hydrogens (primary N) is 3. The monoisotopic (exact) mass is 962 g/mol. The van der Waals surface area contributed by atoms with Crippen LogP contribution in [0.3, 0.4) is 0 Å². The Hall–Kier alpha value is -8.05. The van der Waals surface area contributed by atoms with E-state index in [2.05, 4.69) is 130 Å². The highest BCUT2D eigenvalue weighted by Gasteiger charge is 2.23. The molecule has 70 heavy (non-hydrogen) atoms. The normalized spacial score (nSPS) is 12.1.